The third-order valence-electron chi connectivity index (χ3n) is 2.78. The normalized spacial score (nSPS) is 23.8. The summed E-state index contributed by atoms with van der Waals surface area (Å²) < 4.78 is 0. The van der Waals surface area contributed by atoms with E-state index in [4.69, 9.17) is 0 Å². The molecule has 1 heterocycles. The van der Waals surface area contributed by atoms with Crippen molar-refractivity contribution in [3.63, 3.8) is 0 Å². The number of nitrogens with one attached hydrogen (secondary N) is 2. The summed E-state index contributed by atoms with van der Waals surface area (Å²) in [6.45, 7) is 0.839. The largest absolute Gasteiger partial charge is 0.412 e. The summed E-state index contributed by atoms with van der Waals surface area (Å²) in [5.74, 6) is 0. The fourth-order valence-corrected chi connectivity index (χ4v) is 2.11. The number of hydrogen-bond acceptors (Lipinski definition) is 1. The Balaban J connectivity index is 0.000000720. The molecule has 0 unspecified atom stereocenters. The summed E-state index contributed by atoms with van der Waals surface area (Å²) in [4.78, 5) is 10.9. The van der Waals surface area contributed by atoms with Gasteiger partial charge in [-0.15, -0.1) is 12.4 Å². The van der Waals surface area contributed by atoms with Crippen LogP contribution in [0.2, 0.25) is 0 Å². The topological polar surface area (TPSA) is 72.6 Å². The lowest BCUT2D eigenvalue weighted by Gasteiger charge is -2.31. The second kappa shape index (κ2) is 4.67. The second-order valence-corrected chi connectivity index (χ2v) is 3.65. The van der Waals surface area contributed by atoms with Gasteiger partial charge in [0.15, 0.2) is 0 Å². The monoisotopic (exact) mass is 208 g/mol. The number of amides is 2. The van der Waals surface area contributed by atoms with Crippen molar-refractivity contribution < 1.29 is 10.3 Å². The van der Waals surface area contributed by atoms with E-state index in [1.807, 2.05) is 0 Å². The van der Waals surface area contributed by atoms with E-state index in [0.29, 0.717) is 0 Å². The van der Waals surface area contributed by atoms with Crippen LogP contribution in [0.15, 0.2) is 0 Å². The second-order valence-electron chi connectivity index (χ2n) is 3.65. The van der Waals surface area contributed by atoms with Crippen molar-refractivity contribution in [1.29, 1.82) is 0 Å². The Hall–Kier alpha value is -0.480. The number of urea groups is 1. The molecule has 4 N–H and O–H groups in total. The Kier molecular flexibility index (Phi) is 4.50. The summed E-state index contributed by atoms with van der Waals surface area (Å²) in [6.07, 6.45) is 6.18. The van der Waals surface area contributed by atoms with Crippen LogP contribution in [-0.2, 0) is 0 Å². The maximum Gasteiger partial charge on any atom is 0.315 e. The van der Waals surface area contributed by atoms with Crippen molar-refractivity contribution in [1.82, 2.24) is 10.6 Å². The van der Waals surface area contributed by atoms with Gasteiger partial charge in [0.05, 0.1) is 5.54 Å². The molecule has 1 aliphatic heterocycles. The zero-order valence-corrected chi connectivity index (χ0v) is 8.38. The quantitative estimate of drug-likeness (QED) is 0.601. The SMILES string of the molecule is Cl.O.O=C1NCC2(CCCCC2)N1. The van der Waals surface area contributed by atoms with E-state index in [-0.39, 0.29) is 29.5 Å². The average molecular weight is 209 g/mol. The van der Waals surface area contributed by atoms with Gasteiger partial charge < -0.3 is 16.1 Å². The van der Waals surface area contributed by atoms with Gasteiger partial charge in [-0.3, -0.25) is 0 Å². The number of hydrogen-bond donors (Lipinski definition) is 2. The van der Waals surface area contributed by atoms with Crippen molar-refractivity contribution in [3.05, 3.63) is 0 Å². The lowest BCUT2D eigenvalue weighted by molar-refractivity contribution is 0.236. The molecule has 2 aliphatic rings. The molecule has 0 radical (unpaired) electrons. The van der Waals surface area contributed by atoms with Gasteiger partial charge in [0, 0.05) is 6.54 Å². The Labute approximate surface area is 84.2 Å². The van der Waals surface area contributed by atoms with Crippen LogP contribution in [0.5, 0.6) is 0 Å². The van der Waals surface area contributed by atoms with E-state index < -0.39 is 0 Å². The first-order valence-corrected chi connectivity index (χ1v) is 4.37. The highest BCUT2D eigenvalue weighted by Gasteiger charge is 2.37. The van der Waals surface area contributed by atoms with E-state index >= 15 is 0 Å². The highest BCUT2D eigenvalue weighted by Crippen LogP contribution is 2.29. The van der Waals surface area contributed by atoms with Gasteiger partial charge in [-0.25, -0.2) is 4.79 Å². The van der Waals surface area contributed by atoms with Crippen molar-refractivity contribution in [2.75, 3.05) is 6.54 Å². The molecule has 1 saturated carbocycles. The minimum atomic E-state index is 0. The Morgan fingerprint density at radius 3 is 2.23 bits per heavy atom. The van der Waals surface area contributed by atoms with Gasteiger partial charge in [0.25, 0.3) is 0 Å². The molecule has 4 nitrogen and oxygen atoms in total. The Morgan fingerprint density at radius 1 is 1.15 bits per heavy atom. The lowest BCUT2D eigenvalue weighted by Crippen LogP contribution is -2.44. The third kappa shape index (κ3) is 2.48. The van der Waals surface area contributed by atoms with E-state index in [1.54, 1.807) is 0 Å². The van der Waals surface area contributed by atoms with Crippen LogP contribution in [0, 0.1) is 0 Å². The molecule has 0 aromatic carbocycles. The number of halogens is 1. The summed E-state index contributed by atoms with van der Waals surface area (Å²) in [5.41, 5.74) is 0.134. The Morgan fingerprint density at radius 2 is 1.77 bits per heavy atom. The van der Waals surface area contributed by atoms with E-state index in [0.717, 1.165) is 19.4 Å². The smallest absolute Gasteiger partial charge is 0.315 e. The van der Waals surface area contributed by atoms with Crippen LogP contribution in [0.1, 0.15) is 32.1 Å². The fourth-order valence-electron chi connectivity index (χ4n) is 2.11. The molecule has 2 fully saturated rings. The number of rotatable bonds is 0. The van der Waals surface area contributed by atoms with Gasteiger partial charge in [0.1, 0.15) is 0 Å². The van der Waals surface area contributed by atoms with Crippen LogP contribution in [0.3, 0.4) is 0 Å². The van der Waals surface area contributed by atoms with Crippen LogP contribution < -0.4 is 10.6 Å². The van der Waals surface area contributed by atoms with E-state index in [2.05, 4.69) is 10.6 Å². The van der Waals surface area contributed by atoms with Crippen LogP contribution >= 0.6 is 12.4 Å². The predicted molar refractivity (Wildman–Crippen MR) is 53.2 cm³/mol. The molecule has 78 valence electrons. The molecule has 13 heavy (non-hydrogen) atoms. The lowest BCUT2D eigenvalue weighted by atomic mass is 9.82. The van der Waals surface area contributed by atoms with Crippen LogP contribution in [-0.4, -0.2) is 23.6 Å². The molecule has 2 rings (SSSR count). The van der Waals surface area contributed by atoms with Crippen molar-refractivity contribution in [3.8, 4) is 0 Å². The molecule has 2 amide bonds. The molecule has 1 aliphatic carbocycles. The van der Waals surface area contributed by atoms with Gasteiger partial charge in [-0.2, -0.15) is 0 Å². The molecule has 1 saturated heterocycles. The standard InChI is InChI=1S/C8H14N2O.ClH.H2O/c11-7-9-6-8(10-7)4-2-1-3-5-8;;/h1-6H2,(H2,9,10,11);1H;1H2. The molecule has 0 aromatic heterocycles. The first kappa shape index (κ1) is 12.5. The molecular formula is C8H17ClN2O2. The zero-order chi connectivity index (χ0) is 7.73. The number of carbonyl (C=O) groups is 1. The molecule has 0 aromatic rings. The van der Waals surface area contributed by atoms with Crippen LogP contribution in [0.4, 0.5) is 4.79 Å². The predicted octanol–water partition coefficient (Wildman–Crippen LogP) is 0.599. The summed E-state index contributed by atoms with van der Waals surface area (Å²) in [6, 6.07) is 0.0203. The minimum absolute atomic E-state index is 0. The maximum atomic E-state index is 10.9. The molecular weight excluding hydrogens is 192 g/mol. The maximum absolute atomic E-state index is 10.9. The van der Waals surface area contributed by atoms with Gasteiger partial charge in [-0.1, -0.05) is 19.3 Å². The highest BCUT2D eigenvalue weighted by molar-refractivity contribution is 5.85. The van der Waals surface area contributed by atoms with Gasteiger partial charge >= 0.3 is 6.03 Å². The summed E-state index contributed by atoms with van der Waals surface area (Å²) in [5, 5.41) is 5.85. The van der Waals surface area contributed by atoms with Crippen molar-refractivity contribution in [2.24, 2.45) is 0 Å². The zero-order valence-electron chi connectivity index (χ0n) is 7.56. The van der Waals surface area contributed by atoms with E-state index in [9.17, 15) is 4.79 Å². The minimum Gasteiger partial charge on any atom is -0.412 e. The summed E-state index contributed by atoms with van der Waals surface area (Å²) >= 11 is 0. The van der Waals surface area contributed by atoms with Crippen molar-refractivity contribution >= 4 is 18.4 Å². The van der Waals surface area contributed by atoms with Crippen LogP contribution in [0.25, 0.3) is 0 Å². The molecule has 1 spiro atoms. The summed E-state index contributed by atoms with van der Waals surface area (Å²) in [7, 11) is 0. The third-order valence-corrected chi connectivity index (χ3v) is 2.78. The molecule has 0 bridgehead atoms. The van der Waals surface area contributed by atoms with Gasteiger partial charge in [-0.05, 0) is 12.8 Å². The van der Waals surface area contributed by atoms with Gasteiger partial charge in [0.2, 0.25) is 0 Å². The first-order valence-electron chi connectivity index (χ1n) is 4.37. The number of carbonyl (C=O) groups excluding carboxylic acids is 1. The molecule has 5 heteroatoms. The first-order chi connectivity index (χ1) is 5.31. The fraction of sp³-hybridized carbons (Fsp3) is 0.875. The van der Waals surface area contributed by atoms with Crippen molar-refractivity contribution in [2.45, 2.75) is 37.6 Å². The highest BCUT2D eigenvalue weighted by atomic mass is 35.5. The average Bonchev–Trinajstić information content (AvgIpc) is 2.34. The van der Waals surface area contributed by atoms with E-state index in [1.165, 1.54) is 19.3 Å². The molecule has 0 atom stereocenters. The Bertz CT molecular complexity index is 181.